The average Bonchev–Trinajstić information content (AvgIpc) is 3.39. The van der Waals surface area contributed by atoms with Crippen LogP contribution >= 0.6 is 0 Å². The molecule has 0 saturated heterocycles. The number of amides is 1. The van der Waals surface area contributed by atoms with Gasteiger partial charge in [0.2, 0.25) is 0 Å². The molecule has 0 bridgehead atoms. The predicted octanol–water partition coefficient (Wildman–Crippen LogP) is 2.90. The summed E-state index contributed by atoms with van der Waals surface area (Å²) in [7, 11) is 0. The van der Waals surface area contributed by atoms with E-state index in [1.54, 1.807) is 18.2 Å². The van der Waals surface area contributed by atoms with Gasteiger partial charge >= 0.3 is 0 Å². The molecule has 1 heterocycles. The van der Waals surface area contributed by atoms with Crippen LogP contribution in [0.25, 0.3) is 0 Å². The number of amidine groups is 1. The van der Waals surface area contributed by atoms with Gasteiger partial charge in [0.05, 0.1) is 17.3 Å². The fourth-order valence-electron chi connectivity index (χ4n) is 2.54. The molecule has 0 atom stereocenters. The fourth-order valence-corrected chi connectivity index (χ4v) is 2.54. The highest BCUT2D eigenvalue weighted by atomic mass is 19.1. The molecule has 5 nitrogen and oxygen atoms in total. The molecule has 1 aromatic carbocycles. The zero-order valence-electron chi connectivity index (χ0n) is 13.2. The molecule has 0 unspecified atom stereocenters. The van der Waals surface area contributed by atoms with Crippen molar-refractivity contribution in [3.8, 4) is 0 Å². The topological polar surface area (TPSA) is 80.4 Å². The Bertz CT molecular complexity index is 860. The summed E-state index contributed by atoms with van der Waals surface area (Å²) < 4.78 is 27.4. The van der Waals surface area contributed by atoms with Gasteiger partial charge in [-0.25, -0.2) is 8.78 Å². The lowest BCUT2D eigenvalue weighted by Crippen LogP contribution is -2.23. The van der Waals surface area contributed by atoms with Crippen molar-refractivity contribution in [2.75, 3.05) is 5.32 Å². The molecule has 128 valence electrons. The Labute approximate surface area is 143 Å². The van der Waals surface area contributed by atoms with E-state index in [1.807, 2.05) is 0 Å². The summed E-state index contributed by atoms with van der Waals surface area (Å²) in [5.41, 5.74) is 5.36. The Morgan fingerprint density at radius 2 is 2.00 bits per heavy atom. The SMILES string of the molecule is NC(/C=C\Nc1ccncc1F)=NC(=O)C1(c2ccccc2F)CC1. The molecule has 3 N–H and O–H groups in total. The average molecular weight is 342 g/mol. The number of benzene rings is 1. The van der Waals surface area contributed by atoms with E-state index in [0.717, 1.165) is 6.20 Å². The number of aromatic nitrogens is 1. The van der Waals surface area contributed by atoms with Crippen LogP contribution in [0.2, 0.25) is 0 Å². The number of halogens is 2. The van der Waals surface area contributed by atoms with Crippen LogP contribution in [0.1, 0.15) is 18.4 Å². The van der Waals surface area contributed by atoms with Crippen molar-refractivity contribution in [2.45, 2.75) is 18.3 Å². The summed E-state index contributed by atoms with van der Waals surface area (Å²) in [6, 6.07) is 7.63. The molecule has 1 aliphatic rings. The van der Waals surface area contributed by atoms with Crippen LogP contribution in [-0.4, -0.2) is 16.7 Å². The fraction of sp³-hybridized carbons (Fsp3) is 0.167. The number of anilines is 1. The van der Waals surface area contributed by atoms with Crippen LogP contribution in [0.4, 0.5) is 14.5 Å². The molecule has 1 aliphatic carbocycles. The van der Waals surface area contributed by atoms with Gasteiger partial charge in [-0.3, -0.25) is 9.78 Å². The van der Waals surface area contributed by atoms with Crippen molar-refractivity contribution in [3.05, 3.63) is 72.2 Å². The van der Waals surface area contributed by atoms with Crippen molar-refractivity contribution in [3.63, 3.8) is 0 Å². The Morgan fingerprint density at radius 3 is 2.68 bits per heavy atom. The summed E-state index contributed by atoms with van der Waals surface area (Å²) in [4.78, 5) is 19.9. The van der Waals surface area contributed by atoms with E-state index in [1.165, 1.54) is 30.6 Å². The minimum absolute atomic E-state index is 0.0467. The van der Waals surface area contributed by atoms with Gasteiger partial charge in [-0.1, -0.05) is 18.2 Å². The zero-order valence-corrected chi connectivity index (χ0v) is 13.2. The number of pyridine rings is 1. The first-order chi connectivity index (χ1) is 12.0. The normalized spacial score (nSPS) is 16.0. The largest absolute Gasteiger partial charge is 0.384 e. The summed E-state index contributed by atoms with van der Waals surface area (Å²) in [6.45, 7) is 0. The summed E-state index contributed by atoms with van der Waals surface area (Å²) in [5.74, 6) is -1.47. The third-order valence-electron chi connectivity index (χ3n) is 4.04. The molecule has 25 heavy (non-hydrogen) atoms. The second-order valence-electron chi connectivity index (χ2n) is 5.74. The molecule has 1 aromatic heterocycles. The summed E-state index contributed by atoms with van der Waals surface area (Å²) in [5, 5.41) is 2.68. The number of nitrogens with two attached hydrogens (primary N) is 1. The maximum absolute atomic E-state index is 14.0. The van der Waals surface area contributed by atoms with Gasteiger partial charge in [-0.2, -0.15) is 4.99 Å². The standard InChI is InChI=1S/C18H16F2N4O/c19-13-4-2-1-3-12(13)18(7-8-18)17(25)24-16(21)6-10-23-15-5-9-22-11-14(15)20/h1-6,9-11H,7-8H2,(H,22,23)(H2,21,24,25)/b10-6-. The molecule has 7 heteroatoms. The van der Waals surface area contributed by atoms with Gasteiger partial charge in [-0.15, -0.1) is 0 Å². The van der Waals surface area contributed by atoms with E-state index in [4.69, 9.17) is 5.73 Å². The van der Waals surface area contributed by atoms with Crippen LogP contribution in [0.5, 0.6) is 0 Å². The van der Waals surface area contributed by atoms with Crippen LogP contribution < -0.4 is 11.1 Å². The molecule has 0 aliphatic heterocycles. The molecule has 1 saturated carbocycles. The number of aliphatic imine (C=N–C) groups is 1. The Hall–Kier alpha value is -3.09. The van der Waals surface area contributed by atoms with Gasteiger partial charge in [-0.05, 0) is 31.1 Å². The number of carbonyl (C=O) groups is 1. The van der Waals surface area contributed by atoms with Crippen LogP contribution in [0.3, 0.4) is 0 Å². The highest BCUT2D eigenvalue weighted by molar-refractivity contribution is 6.04. The van der Waals surface area contributed by atoms with E-state index in [9.17, 15) is 13.6 Å². The highest BCUT2D eigenvalue weighted by Gasteiger charge is 2.52. The van der Waals surface area contributed by atoms with Crippen LogP contribution in [0.15, 0.2) is 60.0 Å². The van der Waals surface area contributed by atoms with E-state index >= 15 is 0 Å². The van der Waals surface area contributed by atoms with E-state index < -0.39 is 23.0 Å². The van der Waals surface area contributed by atoms with Gasteiger partial charge in [0.15, 0.2) is 5.82 Å². The van der Waals surface area contributed by atoms with Crippen molar-refractivity contribution in [1.82, 2.24) is 4.98 Å². The first-order valence-electron chi connectivity index (χ1n) is 7.69. The highest BCUT2D eigenvalue weighted by Crippen LogP contribution is 2.50. The second-order valence-corrected chi connectivity index (χ2v) is 5.74. The van der Waals surface area contributed by atoms with Crippen molar-refractivity contribution < 1.29 is 13.6 Å². The molecule has 1 fully saturated rings. The van der Waals surface area contributed by atoms with Crippen LogP contribution in [0, 0.1) is 11.6 Å². The lowest BCUT2D eigenvalue weighted by Gasteiger charge is -2.12. The van der Waals surface area contributed by atoms with Crippen LogP contribution in [-0.2, 0) is 10.2 Å². The number of carbonyl (C=O) groups excluding carboxylic acids is 1. The lowest BCUT2D eigenvalue weighted by atomic mass is 9.94. The van der Waals surface area contributed by atoms with E-state index in [2.05, 4.69) is 15.3 Å². The van der Waals surface area contributed by atoms with Gasteiger partial charge in [0, 0.05) is 18.0 Å². The maximum atomic E-state index is 14.0. The summed E-state index contributed by atoms with van der Waals surface area (Å²) >= 11 is 0. The lowest BCUT2D eigenvalue weighted by molar-refractivity contribution is -0.120. The number of hydrogen-bond acceptors (Lipinski definition) is 3. The minimum Gasteiger partial charge on any atom is -0.384 e. The van der Waals surface area contributed by atoms with Crippen molar-refractivity contribution in [2.24, 2.45) is 10.7 Å². The predicted molar refractivity (Wildman–Crippen MR) is 90.9 cm³/mol. The van der Waals surface area contributed by atoms with E-state index in [-0.39, 0.29) is 11.5 Å². The zero-order chi connectivity index (χ0) is 17.9. The third kappa shape index (κ3) is 3.55. The molecule has 2 aromatic rings. The molecule has 1 amide bonds. The monoisotopic (exact) mass is 342 g/mol. The number of nitrogens with zero attached hydrogens (tertiary/aromatic N) is 2. The van der Waals surface area contributed by atoms with Crippen molar-refractivity contribution in [1.29, 1.82) is 0 Å². The molecular formula is C18H16F2N4O. The molecular weight excluding hydrogens is 326 g/mol. The quantitative estimate of drug-likeness (QED) is 0.647. The Kier molecular flexibility index (Phi) is 4.56. The second kappa shape index (κ2) is 6.80. The van der Waals surface area contributed by atoms with Crippen molar-refractivity contribution >= 4 is 17.4 Å². The smallest absolute Gasteiger partial charge is 0.258 e. The Morgan fingerprint density at radius 1 is 1.24 bits per heavy atom. The number of hydrogen-bond donors (Lipinski definition) is 2. The minimum atomic E-state index is -0.922. The molecule has 3 rings (SSSR count). The van der Waals surface area contributed by atoms with Gasteiger partial charge in [0.25, 0.3) is 5.91 Å². The van der Waals surface area contributed by atoms with Gasteiger partial charge in [0.1, 0.15) is 11.7 Å². The summed E-state index contributed by atoms with van der Waals surface area (Å²) in [6.07, 6.45) is 6.29. The first-order valence-corrected chi connectivity index (χ1v) is 7.69. The van der Waals surface area contributed by atoms with E-state index in [0.29, 0.717) is 18.4 Å². The first kappa shape index (κ1) is 16.8. The molecule has 0 spiro atoms. The third-order valence-corrected chi connectivity index (χ3v) is 4.04. The number of rotatable bonds is 5. The molecule has 0 radical (unpaired) electrons. The van der Waals surface area contributed by atoms with Gasteiger partial charge < -0.3 is 11.1 Å². The maximum Gasteiger partial charge on any atom is 0.258 e. The number of nitrogens with one attached hydrogen (secondary N) is 1. The Balaban J connectivity index is 1.70.